The number of aliphatic hydroxyl groups excluding tert-OH is 1. The van der Waals surface area contributed by atoms with Crippen LogP contribution in [-0.4, -0.2) is 36.5 Å². The first-order valence-electron chi connectivity index (χ1n) is 14.5. The fraction of sp³-hybridized carbons (Fsp3) is 0.500. The van der Waals surface area contributed by atoms with Crippen molar-refractivity contribution < 1.29 is 23.8 Å². The maximum absolute atomic E-state index is 14.5. The Balaban J connectivity index is 0.000000267. The Kier molecular flexibility index (Phi) is 9.18. The average molecular weight is 598 g/mol. The summed E-state index contributed by atoms with van der Waals surface area (Å²) in [5.74, 6) is -1.25. The van der Waals surface area contributed by atoms with Crippen molar-refractivity contribution in [2.24, 2.45) is 5.73 Å². The monoisotopic (exact) mass is 597 g/mol. The van der Waals surface area contributed by atoms with Gasteiger partial charge in [-0.1, -0.05) is 41.5 Å². The molecule has 3 N–H and O–H groups in total. The lowest BCUT2D eigenvalue weighted by atomic mass is 9.85. The van der Waals surface area contributed by atoms with E-state index >= 15 is 0 Å². The quantitative estimate of drug-likeness (QED) is 0.308. The van der Waals surface area contributed by atoms with E-state index in [1.54, 1.807) is 29.3 Å². The Morgan fingerprint density at radius 2 is 1.86 bits per heavy atom. The van der Waals surface area contributed by atoms with Gasteiger partial charge in [0.15, 0.2) is 6.10 Å². The first-order chi connectivity index (χ1) is 19.8. The summed E-state index contributed by atoms with van der Waals surface area (Å²) < 4.78 is 21.0. The van der Waals surface area contributed by atoms with Crippen LogP contribution in [0.2, 0.25) is 0 Å². The summed E-state index contributed by atoms with van der Waals surface area (Å²) in [6.07, 6.45) is 1.57. The summed E-state index contributed by atoms with van der Waals surface area (Å²) in [7, 11) is 0. The van der Waals surface area contributed by atoms with Crippen LogP contribution in [0.5, 0.6) is 0 Å². The number of halogens is 1. The van der Waals surface area contributed by atoms with Gasteiger partial charge >= 0.3 is 5.97 Å². The van der Waals surface area contributed by atoms with E-state index in [1.807, 2.05) is 27.7 Å². The van der Waals surface area contributed by atoms with Gasteiger partial charge in [0, 0.05) is 33.7 Å². The summed E-state index contributed by atoms with van der Waals surface area (Å²) in [4.78, 5) is 40.2. The van der Waals surface area contributed by atoms with Gasteiger partial charge in [-0.3, -0.25) is 9.59 Å². The van der Waals surface area contributed by atoms with Crippen molar-refractivity contribution in [3.63, 3.8) is 0 Å². The number of ether oxygens (including phenoxy) is 1. The third-order valence-electron chi connectivity index (χ3n) is 7.69. The lowest BCUT2D eigenvalue weighted by Gasteiger charge is -2.24. The molecule has 10 heteroatoms. The van der Waals surface area contributed by atoms with Crippen molar-refractivity contribution in [1.82, 2.24) is 9.55 Å². The van der Waals surface area contributed by atoms with E-state index in [2.05, 4.69) is 13.8 Å². The summed E-state index contributed by atoms with van der Waals surface area (Å²) in [6.45, 7) is 14.4. The zero-order valence-corrected chi connectivity index (χ0v) is 26.2. The highest BCUT2D eigenvalue weighted by atomic mass is 32.2. The predicted molar refractivity (Wildman–Crippen MR) is 164 cm³/mol. The Morgan fingerprint density at radius 3 is 2.50 bits per heavy atom. The number of esters is 1. The standard InChI is InChI=1S/C22H17FN2O4.C8H17NOS.C2H6/c1-9-10-3-2-4-11-13-7-25-17(19(13)24-16(18(10)11)6-15(9)23)5-12-14(21(25)27)8-29-22(28)20(12)26;1-6(2)11-8(3,4)5-7(9)10;1-2/h5-6,20,26H,2-4,7-8H2,1H3;6H,5H2,1-4H3,(H2,9,10);1-2H3. The van der Waals surface area contributed by atoms with Crippen LogP contribution in [0.3, 0.4) is 0 Å². The number of fused-ring (bicyclic) bond motifs is 5. The zero-order chi connectivity index (χ0) is 31.1. The Morgan fingerprint density at radius 1 is 1.19 bits per heavy atom. The molecule has 3 aromatic rings. The van der Waals surface area contributed by atoms with Crippen LogP contribution in [-0.2, 0) is 40.3 Å². The molecular formula is C32H40FN3O5S. The molecule has 1 aromatic carbocycles. The molecule has 1 amide bonds. The second-order valence-corrected chi connectivity index (χ2v) is 13.8. The third kappa shape index (κ3) is 5.83. The number of carbonyl (C=O) groups is 2. The van der Waals surface area contributed by atoms with Crippen molar-refractivity contribution in [3.8, 4) is 11.4 Å². The number of thioether (sulfide) groups is 1. The first kappa shape index (κ1) is 31.7. The Hall–Kier alpha value is -3.24. The first-order valence-corrected chi connectivity index (χ1v) is 15.4. The van der Waals surface area contributed by atoms with Gasteiger partial charge in [0.25, 0.3) is 5.56 Å². The van der Waals surface area contributed by atoms with E-state index in [9.17, 15) is 23.9 Å². The molecule has 0 saturated heterocycles. The fourth-order valence-electron chi connectivity index (χ4n) is 6.16. The van der Waals surface area contributed by atoms with Crippen molar-refractivity contribution in [3.05, 3.63) is 61.7 Å². The number of hydrogen-bond donors (Lipinski definition) is 2. The molecule has 1 unspecified atom stereocenters. The highest BCUT2D eigenvalue weighted by molar-refractivity contribution is 8.01. The number of pyridine rings is 2. The third-order valence-corrected chi connectivity index (χ3v) is 8.95. The van der Waals surface area contributed by atoms with E-state index in [-0.39, 0.29) is 34.2 Å². The number of nitrogens with zero attached hydrogens (tertiary/aromatic N) is 2. The summed E-state index contributed by atoms with van der Waals surface area (Å²) in [6, 6.07) is 3.13. The van der Waals surface area contributed by atoms with Crippen LogP contribution >= 0.6 is 11.8 Å². The van der Waals surface area contributed by atoms with Crippen LogP contribution in [0.25, 0.3) is 22.3 Å². The van der Waals surface area contributed by atoms with Gasteiger partial charge in [0.1, 0.15) is 12.4 Å². The van der Waals surface area contributed by atoms with Crippen molar-refractivity contribution in [2.45, 2.75) is 103 Å². The number of amides is 1. The molecule has 226 valence electrons. The van der Waals surface area contributed by atoms with E-state index < -0.39 is 12.1 Å². The van der Waals surface area contributed by atoms with Gasteiger partial charge in [-0.25, -0.2) is 14.2 Å². The summed E-state index contributed by atoms with van der Waals surface area (Å²) in [5.41, 5.74) is 11.0. The molecule has 4 heterocycles. The normalized spacial score (nSPS) is 16.4. The maximum atomic E-state index is 14.5. The molecule has 0 bridgehead atoms. The minimum atomic E-state index is -1.48. The summed E-state index contributed by atoms with van der Waals surface area (Å²) in [5, 5.41) is 11.8. The lowest BCUT2D eigenvalue weighted by Crippen LogP contribution is -2.32. The highest BCUT2D eigenvalue weighted by Gasteiger charge is 2.35. The van der Waals surface area contributed by atoms with Gasteiger partial charge < -0.3 is 20.1 Å². The van der Waals surface area contributed by atoms with Crippen LogP contribution in [0, 0.1) is 12.7 Å². The van der Waals surface area contributed by atoms with Gasteiger partial charge in [-0.2, -0.15) is 11.8 Å². The van der Waals surface area contributed by atoms with E-state index in [1.165, 1.54) is 6.07 Å². The van der Waals surface area contributed by atoms with Crippen LogP contribution in [0.4, 0.5) is 4.39 Å². The van der Waals surface area contributed by atoms with Crippen LogP contribution < -0.4 is 11.3 Å². The predicted octanol–water partition coefficient (Wildman–Crippen LogP) is 5.26. The molecule has 0 fully saturated rings. The molecule has 1 atom stereocenters. The highest BCUT2D eigenvalue weighted by Crippen LogP contribution is 2.42. The SMILES string of the molecule is CC.CC(C)SC(C)(C)CC(N)=O.Cc1c(F)cc2nc3c(c4c2c1CCC4)Cn1c-3cc2c(c1=O)COC(=O)C2O. The minimum Gasteiger partial charge on any atom is -0.458 e. The number of benzene rings is 1. The Bertz CT molecular complexity index is 1630. The molecule has 2 aromatic heterocycles. The molecule has 0 spiro atoms. The maximum Gasteiger partial charge on any atom is 0.340 e. The number of cyclic esters (lactones) is 1. The van der Waals surface area contributed by atoms with E-state index in [4.69, 9.17) is 15.5 Å². The molecule has 8 nitrogen and oxygen atoms in total. The summed E-state index contributed by atoms with van der Waals surface area (Å²) >= 11 is 1.78. The fourth-order valence-corrected chi connectivity index (χ4v) is 7.66. The molecule has 2 aliphatic heterocycles. The lowest BCUT2D eigenvalue weighted by molar-refractivity contribution is -0.157. The van der Waals surface area contributed by atoms with Gasteiger partial charge in [0.05, 0.1) is 29.0 Å². The van der Waals surface area contributed by atoms with E-state index in [0.717, 1.165) is 41.3 Å². The zero-order valence-electron chi connectivity index (χ0n) is 25.4. The number of hydrogen-bond acceptors (Lipinski definition) is 7. The number of aromatic nitrogens is 2. The molecule has 3 aliphatic rings. The number of rotatable bonds is 4. The van der Waals surface area contributed by atoms with Gasteiger partial charge in [-0.05, 0) is 54.2 Å². The number of primary amides is 1. The average Bonchev–Trinajstić information content (AvgIpc) is 3.29. The second kappa shape index (κ2) is 12.2. The molecule has 6 rings (SSSR count). The molecule has 0 radical (unpaired) electrons. The number of carbonyl (C=O) groups excluding carboxylic acids is 2. The number of aryl methyl sites for hydroxylation is 2. The smallest absolute Gasteiger partial charge is 0.340 e. The topological polar surface area (TPSA) is 125 Å². The van der Waals surface area contributed by atoms with Crippen LogP contribution in [0.1, 0.15) is 93.9 Å². The largest absolute Gasteiger partial charge is 0.458 e. The van der Waals surface area contributed by atoms with E-state index in [0.29, 0.717) is 46.2 Å². The molecule has 42 heavy (non-hydrogen) atoms. The van der Waals surface area contributed by atoms with Crippen molar-refractivity contribution in [2.75, 3.05) is 0 Å². The van der Waals surface area contributed by atoms with Crippen molar-refractivity contribution in [1.29, 1.82) is 0 Å². The van der Waals surface area contributed by atoms with Gasteiger partial charge in [-0.15, -0.1) is 0 Å². The van der Waals surface area contributed by atoms with Crippen molar-refractivity contribution >= 4 is 34.5 Å². The minimum absolute atomic E-state index is 0.0139. The van der Waals surface area contributed by atoms with Gasteiger partial charge in [0.2, 0.25) is 5.91 Å². The number of aliphatic hydroxyl groups is 1. The Labute approximate surface area is 249 Å². The molecular weight excluding hydrogens is 557 g/mol. The molecule has 0 saturated carbocycles. The second-order valence-electron chi connectivity index (χ2n) is 11.6. The number of nitrogens with two attached hydrogens (primary N) is 1. The molecule has 1 aliphatic carbocycles. The van der Waals surface area contributed by atoms with Crippen LogP contribution in [0.15, 0.2) is 16.9 Å².